The van der Waals surface area contributed by atoms with Crippen molar-refractivity contribution in [3.63, 3.8) is 0 Å². The molecule has 2 aromatic heterocycles. The predicted octanol–water partition coefficient (Wildman–Crippen LogP) is 5.62. The summed E-state index contributed by atoms with van der Waals surface area (Å²) >= 11 is 12.0. The number of carbonyl (C=O) groups excluding carboxylic acids is 1. The summed E-state index contributed by atoms with van der Waals surface area (Å²) in [6.07, 6.45) is 2.49. The van der Waals surface area contributed by atoms with Crippen LogP contribution >= 0.6 is 23.2 Å². The highest BCUT2D eigenvalue weighted by molar-refractivity contribution is 6.42. The molecule has 1 N–H and O–H groups in total. The Labute approximate surface area is 194 Å². The molecule has 0 fully saturated rings. The van der Waals surface area contributed by atoms with Crippen molar-refractivity contribution < 1.29 is 13.9 Å². The van der Waals surface area contributed by atoms with E-state index in [1.807, 2.05) is 30.3 Å². The number of hydrogen-bond acceptors (Lipinski definition) is 5. The average molecular weight is 471 g/mol. The van der Waals surface area contributed by atoms with Gasteiger partial charge in [-0.2, -0.15) is 0 Å². The molecule has 0 saturated heterocycles. The largest absolute Gasteiger partial charge is 0.486 e. The Hall–Kier alpha value is -3.29. The lowest BCUT2D eigenvalue weighted by Crippen LogP contribution is -2.12. The maximum absolute atomic E-state index is 12.5. The lowest BCUT2D eigenvalue weighted by molar-refractivity contribution is 0.0991. The third-order valence-electron chi connectivity index (χ3n) is 4.69. The molecule has 2 aromatic carbocycles. The molecule has 0 spiro atoms. The van der Waals surface area contributed by atoms with Crippen LogP contribution in [0.1, 0.15) is 34.4 Å². The highest BCUT2D eigenvalue weighted by Crippen LogP contribution is 2.23. The number of rotatable bonds is 8. The molecule has 0 atom stereocenters. The number of amides is 1. The Morgan fingerprint density at radius 1 is 1.06 bits per heavy atom. The average Bonchev–Trinajstić information content (AvgIpc) is 3.45. The molecular formula is C23H20Cl2N4O3. The van der Waals surface area contributed by atoms with Crippen molar-refractivity contribution >= 4 is 35.1 Å². The van der Waals surface area contributed by atoms with Gasteiger partial charge < -0.3 is 9.15 Å². The minimum absolute atomic E-state index is 0.144. The number of furan rings is 1. The first kappa shape index (κ1) is 21.9. The normalized spacial score (nSPS) is 10.8. The van der Waals surface area contributed by atoms with Crippen LogP contribution in [0.5, 0.6) is 5.75 Å². The number of nitrogens with zero attached hydrogens (tertiary/aromatic N) is 3. The summed E-state index contributed by atoms with van der Waals surface area (Å²) in [6, 6.07) is 16.5. The first-order chi connectivity index (χ1) is 15.5. The minimum Gasteiger partial charge on any atom is -0.486 e. The van der Waals surface area contributed by atoms with Crippen molar-refractivity contribution in [3.8, 4) is 5.75 Å². The second kappa shape index (κ2) is 9.89. The number of aryl methyl sites for hydroxylation is 1. The molecule has 0 unspecified atom stereocenters. The molecule has 164 valence electrons. The monoisotopic (exact) mass is 470 g/mol. The summed E-state index contributed by atoms with van der Waals surface area (Å²) in [6.45, 7) is 2.75. The maximum Gasteiger partial charge on any atom is 0.293 e. The quantitative estimate of drug-likeness (QED) is 0.361. The van der Waals surface area contributed by atoms with Crippen molar-refractivity contribution in [2.24, 2.45) is 0 Å². The van der Waals surface area contributed by atoms with Crippen LogP contribution in [0.3, 0.4) is 0 Å². The molecule has 9 heteroatoms. The van der Waals surface area contributed by atoms with E-state index >= 15 is 0 Å². The summed E-state index contributed by atoms with van der Waals surface area (Å²) in [5.41, 5.74) is 2.14. The summed E-state index contributed by atoms with van der Waals surface area (Å²) in [5, 5.41) is 7.82. The number of hydrogen-bond donors (Lipinski definition) is 1. The standard InChI is InChI=1S/C23H20Cl2N4O3/c1-2-15-3-6-17(7-4-15)31-13-18-8-10-21(32-18)22(30)27-23-26-14-29(28-23)12-16-5-9-19(24)20(25)11-16/h3-11,14H,2,12-13H2,1H3,(H,27,28,30). The van der Waals surface area contributed by atoms with E-state index in [1.54, 1.807) is 28.9 Å². The van der Waals surface area contributed by atoms with Gasteiger partial charge in [0.2, 0.25) is 5.95 Å². The molecule has 7 nitrogen and oxygen atoms in total. The van der Waals surface area contributed by atoms with E-state index in [4.69, 9.17) is 32.4 Å². The molecule has 0 aliphatic carbocycles. The fourth-order valence-electron chi connectivity index (χ4n) is 2.97. The topological polar surface area (TPSA) is 82.2 Å². The van der Waals surface area contributed by atoms with Gasteiger partial charge in [-0.3, -0.25) is 10.1 Å². The Morgan fingerprint density at radius 3 is 2.59 bits per heavy atom. The van der Waals surface area contributed by atoms with Crippen molar-refractivity contribution in [1.82, 2.24) is 14.8 Å². The summed E-state index contributed by atoms with van der Waals surface area (Å²) in [5.74, 6) is 1.14. The SMILES string of the molecule is CCc1ccc(OCc2ccc(C(=O)Nc3ncn(Cc4ccc(Cl)c(Cl)c4)n3)o2)cc1. The zero-order chi connectivity index (χ0) is 22.5. The molecule has 2 heterocycles. The van der Waals surface area contributed by atoms with Gasteiger partial charge >= 0.3 is 0 Å². The lowest BCUT2D eigenvalue weighted by atomic mass is 10.2. The number of aromatic nitrogens is 3. The van der Waals surface area contributed by atoms with Gasteiger partial charge in [-0.05, 0) is 53.9 Å². The molecule has 0 bridgehead atoms. The first-order valence-corrected chi connectivity index (χ1v) is 10.7. The van der Waals surface area contributed by atoms with Crippen LogP contribution in [0.15, 0.2) is 65.3 Å². The third kappa shape index (κ3) is 5.49. The zero-order valence-electron chi connectivity index (χ0n) is 17.2. The molecule has 4 aromatic rings. The smallest absolute Gasteiger partial charge is 0.293 e. The van der Waals surface area contributed by atoms with Crippen LogP contribution in [-0.2, 0) is 19.6 Å². The van der Waals surface area contributed by atoms with E-state index in [0.717, 1.165) is 17.7 Å². The van der Waals surface area contributed by atoms with Crippen molar-refractivity contribution in [2.75, 3.05) is 5.32 Å². The summed E-state index contributed by atoms with van der Waals surface area (Å²) in [4.78, 5) is 16.6. The number of carbonyl (C=O) groups is 1. The molecule has 0 saturated carbocycles. The molecule has 0 aliphatic heterocycles. The number of nitrogens with one attached hydrogen (secondary N) is 1. The molecule has 1 amide bonds. The van der Waals surface area contributed by atoms with Crippen LogP contribution in [-0.4, -0.2) is 20.7 Å². The highest BCUT2D eigenvalue weighted by Gasteiger charge is 2.14. The number of benzene rings is 2. The van der Waals surface area contributed by atoms with Crippen LogP contribution in [0.4, 0.5) is 5.95 Å². The summed E-state index contributed by atoms with van der Waals surface area (Å²) < 4.78 is 12.9. The summed E-state index contributed by atoms with van der Waals surface area (Å²) in [7, 11) is 0. The van der Waals surface area contributed by atoms with Gasteiger partial charge in [-0.15, -0.1) is 5.10 Å². The Bertz CT molecular complexity index is 1220. The van der Waals surface area contributed by atoms with Crippen LogP contribution in [0.2, 0.25) is 10.0 Å². The Balaban J connectivity index is 1.32. The van der Waals surface area contributed by atoms with E-state index in [1.165, 1.54) is 11.9 Å². The molecule has 0 aliphatic rings. The second-order valence-electron chi connectivity index (χ2n) is 7.02. The van der Waals surface area contributed by atoms with Gasteiger partial charge in [0.25, 0.3) is 5.91 Å². The first-order valence-electron chi connectivity index (χ1n) is 9.95. The fourth-order valence-corrected chi connectivity index (χ4v) is 3.29. The van der Waals surface area contributed by atoms with E-state index in [0.29, 0.717) is 22.4 Å². The second-order valence-corrected chi connectivity index (χ2v) is 7.83. The fraction of sp³-hybridized carbons (Fsp3) is 0.174. The highest BCUT2D eigenvalue weighted by atomic mass is 35.5. The van der Waals surface area contributed by atoms with Gasteiger partial charge in [-0.25, -0.2) is 9.67 Å². The van der Waals surface area contributed by atoms with Crippen molar-refractivity contribution in [3.05, 3.63) is 93.6 Å². The Morgan fingerprint density at radius 2 is 1.84 bits per heavy atom. The van der Waals surface area contributed by atoms with Gasteiger partial charge in [0.1, 0.15) is 24.4 Å². The molecule has 32 heavy (non-hydrogen) atoms. The van der Waals surface area contributed by atoms with Crippen LogP contribution < -0.4 is 10.1 Å². The van der Waals surface area contributed by atoms with Gasteiger partial charge in [-0.1, -0.05) is 48.3 Å². The van der Waals surface area contributed by atoms with Crippen molar-refractivity contribution in [1.29, 1.82) is 0 Å². The van der Waals surface area contributed by atoms with E-state index in [2.05, 4.69) is 22.3 Å². The zero-order valence-corrected chi connectivity index (χ0v) is 18.7. The van der Waals surface area contributed by atoms with Crippen LogP contribution in [0, 0.1) is 0 Å². The van der Waals surface area contributed by atoms with Gasteiger partial charge in [0, 0.05) is 0 Å². The van der Waals surface area contributed by atoms with Crippen molar-refractivity contribution in [2.45, 2.75) is 26.5 Å². The number of halogens is 2. The minimum atomic E-state index is -0.448. The lowest BCUT2D eigenvalue weighted by Gasteiger charge is -2.05. The molecule has 0 radical (unpaired) electrons. The predicted molar refractivity (Wildman–Crippen MR) is 122 cm³/mol. The van der Waals surface area contributed by atoms with E-state index in [-0.39, 0.29) is 18.3 Å². The van der Waals surface area contributed by atoms with Gasteiger partial charge in [0.05, 0.1) is 16.6 Å². The maximum atomic E-state index is 12.5. The van der Waals surface area contributed by atoms with Gasteiger partial charge in [0.15, 0.2) is 5.76 Å². The number of ether oxygens (including phenoxy) is 1. The van der Waals surface area contributed by atoms with E-state index < -0.39 is 5.91 Å². The van der Waals surface area contributed by atoms with Crippen LogP contribution in [0.25, 0.3) is 0 Å². The Kier molecular flexibility index (Phi) is 6.78. The number of anilines is 1. The molecule has 4 rings (SSSR count). The van der Waals surface area contributed by atoms with E-state index in [9.17, 15) is 4.79 Å². The molecular weight excluding hydrogens is 451 g/mol. The third-order valence-corrected chi connectivity index (χ3v) is 5.43.